The lowest BCUT2D eigenvalue weighted by Gasteiger charge is -2.25. The molecule has 1 heterocycles. The van der Waals surface area contributed by atoms with Crippen molar-refractivity contribution in [1.29, 1.82) is 0 Å². The summed E-state index contributed by atoms with van der Waals surface area (Å²) in [5, 5.41) is 2.99. The van der Waals surface area contributed by atoms with Crippen molar-refractivity contribution in [3.63, 3.8) is 0 Å². The zero-order valence-electron chi connectivity index (χ0n) is 12.2. The Morgan fingerprint density at radius 2 is 2.00 bits per heavy atom. The maximum atomic E-state index is 11.9. The van der Waals surface area contributed by atoms with Gasteiger partial charge in [-0.25, -0.2) is 0 Å². The van der Waals surface area contributed by atoms with Crippen LogP contribution in [0.4, 0.5) is 0 Å². The number of carbonyl (C=O) groups is 1. The number of ether oxygens (including phenoxy) is 1. The second-order valence-electron chi connectivity index (χ2n) is 5.25. The highest BCUT2D eigenvalue weighted by Crippen LogP contribution is 2.17. The largest absolute Gasteiger partial charge is 0.496 e. The second kappa shape index (κ2) is 7.90. The molecule has 1 amide bonds. The van der Waals surface area contributed by atoms with Crippen molar-refractivity contribution in [2.45, 2.75) is 25.7 Å². The molecule has 1 aromatic carbocycles. The van der Waals surface area contributed by atoms with E-state index in [4.69, 9.17) is 4.74 Å². The molecule has 1 aliphatic rings. The molecule has 0 bridgehead atoms. The van der Waals surface area contributed by atoms with E-state index >= 15 is 0 Å². The molecule has 0 radical (unpaired) electrons. The number of amides is 1. The van der Waals surface area contributed by atoms with E-state index in [1.807, 2.05) is 24.3 Å². The number of carbonyl (C=O) groups excluding carboxylic acids is 1. The van der Waals surface area contributed by atoms with E-state index in [-0.39, 0.29) is 5.91 Å². The number of hydrogen-bond donors (Lipinski definition) is 1. The third-order valence-electron chi connectivity index (χ3n) is 3.72. The summed E-state index contributed by atoms with van der Waals surface area (Å²) in [5.41, 5.74) is 1.13. The molecule has 0 aromatic heterocycles. The summed E-state index contributed by atoms with van der Waals surface area (Å²) in [6.07, 6.45) is 4.53. The first-order valence-corrected chi connectivity index (χ1v) is 7.40. The van der Waals surface area contributed by atoms with Crippen LogP contribution in [0.25, 0.3) is 0 Å². The normalized spacial score (nSPS) is 15.8. The molecule has 0 aliphatic carbocycles. The maximum absolute atomic E-state index is 11.9. The summed E-state index contributed by atoms with van der Waals surface area (Å²) in [6, 6.07) is 7.94. The Morgan fingerprint density at radius 1 is 1.25 bits per heavy atom. The number of nitrogens with one attached hydrogen (secondary N) is 1. The fourth-order valence-corrected chi connectivity index (χ4v) is 2.62. The molecule has 4 heteroatoms. The van der Waals surface area contributed by atoms with Crippen LogP contribution in [-0.4, -0.2) is 44.1 Å². The molecule has 1 fully saturated rings. The van der Waals surface area contributed by atoms with Crippen molar-refractivity contribution in [2.24, 2.45) is 0 Å². The molecule has 0 atom stereocenters. The average molecular weight is 276 g/mol. The van der Waals surface area contributed by atoms with Crippen LogP contribution in [0.1, 0.15) is 24.8 Å². The minimum atomic E-state index is 0.127. The summed E-state index contributed by atoms with van der Waals surface area (Å²) >= 11 is 0. The summed E-state index contributed by atoms with van der Waals surface area (Å²) in [6.45, 7) is 3.30. The van der Waals surface area contributed by atoms with Crippen molar-refractivity contribution < 1.29 is 9.53 Å². The summed E-state index contributed by atoms with van der Waals surface area (Å²) in [4.78, 5) is 14.1. The van der Waals surface area contributed by atoms with Crippen LogP contribution in [0.2, 0.25) is 0 Å². The number of likely N-dealkylation sites (tertiary alicyclic amines) is 1. The van der Waals surface area contributed by atoms with Gasteiger partial charge in [-0.2, -0.15) is 0 Å². The second-order valence-corrected chi connectivity index (χ2v) is 5.25. The van der Waals surface area contributed by atoms with Gasteiger partial charge in [-0.05, 0) is 44.0 Å². The lowest BCUT2D eigenvalue weighted by molar-refractivity contribution is -0.122. The summed E-state index contributed by atoms with van der Waals surface area (Å²) < 4.78 is 5.30. The standard InChI is InChI=1S/C16H24N2O2/c1-20-15-8-4-3-7-14(15)9-10-17-16(19)13-18-11-5-2-6-12-18/h3-4,7-8H,2,5-6,9-13H2,1H3,(H,17,19). The van der Waals surface area contributed by atoms with Crippen molar-refractivity contribution in [3.05, 3.63) is 29.8 Å². The lowest BCUT2D eigenvalue weighted by atomic mass is 10.1. The number of para-hydroxylation sites is 1. The zero-order valence-corrected chi connectivity index (χ0v) is 12.2. The Bertz CT molecular complexity index is 428. The van der Waals surface area contributed by atoms with Crippen molar-refractivity contribution in [1.82, 2.24) is 10.2 Å². The van der Waals surface area contributed by atoms with Crippen LogP contribution < -0.4 is 10.1 Å². The van der Waals surface area contributed by atoms with Crippen LogP contribution in [0, 0.1) is 0 Å². The Morgan fingerprint density at radius 3 is 2.75 bits per heavy atom. The highest BCUT2D eigenvalue weighted by atomic mass is 16.5. The van der Waals surface area contributed by atoms with Crippen LogP contribution >= 0.6 is 0 Å². The molecule has 4 nitrogen and oxygen atoms in total. The van der Waals surface area contributed by atoms with Crippen molar-refractivity contribution >= 4 is 5.91 Å². The molecule has 0 unspecified atom stereocenters. The van der Waals surface area contributed by atoms with Crippen LogP contribution in [0.3, 0.4) is 0 Å². The molecule has 0 spiro atoms. The number of nitrogens with zero attached hydrogens (tertiary/aromatic N) is 1. The SMILES string of the molecule is COc1ccccc1CCNC(=O)CN1CCCCC1. The Labute approximate surface area is 121 Å². The topological polar surface area (TPSA) is 41.6 Å². The quantitative estimate of drug-likeness (QED) is 0.862. The van der Waals surface area contributed by atoms with E-state index in [0.29, 0.717) is 13.1 Å². The smallest absolute Gasteiger partial charge is 0.234 e. The Hall–Kier alpha value is -1.55. The monoisotopic (exact) mass is 276 g/mol. The van der Waals surface area contributed by atoms with Gasteiger partial charge in [0.05, 0.1) is 13.7 Å². The fraction of sp³-hybridized carbons (Fsp3) is 0.562. The van der Waals surface area contributed by atoms with Gasteiger partial charge in [-0.3, -0.25) is 9.69 Å². The summed E-state index contributed by atoms with van der Waals surface area (Å²) in [5.74, 6) is 1.01. The molecule has 1 aromatic rings. The molecule has 2 rings (SSSR count). The molecule has 20 heavy (non-hydrogen) atoms. The van der Waals surface area contributed by atoms with E-state index in [1.165, 1.54) is 19.3 Å². The van der Waals surface area contributed by atoms with Gasteiger partial charge in [0, 0.05) is 6.54 Å². The van der Waals surface area contributed by atoms with Crippen LogP contribution in [-0.2, 0) is 11.2 Å². The lowest BCUT2D eigenvalue weighted by Crippen LogP contribution is -2.40. The van der Waals surface area contributed by atoms with Gasteiger partial charge in [0.25, 0.3) is 0 Å². The molecular formula is C16H24N2O2. The highest BCUT2D eigenvalue weighted by molar-refractivity contribution is 5.78. The molecule has 110 valence electrons. The minimum absolute atomic E-state index is 0.127. The van der Waals surface area contributed by atoms with Gasteiger partial charge in [-0.15, -0.1) is 0 Å². The van der Waals surface area contributed by atoms with E-state index < -0.39 is 0 Å². The fourth-order valence-electron chi connectivity index (χ4n) is 2.62. The van der Waals surface area contributed by atoms with Gasteiger partial charge in [0.15, 0.2) is 0 Å². The molecule has 0 saturated carbocycles. The third kappa shape index (κ3) is 4.53. The van der Waals surface area contributed by atoms with Gasteiger partial charge < -0.3 is 10.1 Å². The van der Waals surface area contributed by atoms with Crippen LogP contribution in [0.5, 0.6) is 5.75 Å². The summed E-state index contributed by atoms with van der Waals surface area (Å²) in [7, 11) is 1.67. The van der Waals surface area contributed by atoms with Gasteiger partial charge >= 0.3 is 0 Å². The molecular weight excluding hydrogens is 252 g/mol. The number of methoxy groups -OCH3 is 1. The Kier molecular flexibility index (Phi) is 5.87. The minimum Gasteiger partial charge on any atom is -0.496 e. The van der Waals surface area contributed by atoms with Crippen molar-refractivity contribution in [3.8, 4) is 5.75 Å². The van der Waals surface area contributed by atoms with Gasteiger partial charge in [0.1, 0.15) is 5.75 Å². The number of hydrogen-bond acceptors (Lipinski definition) is 3. The molecule has 1 saturated heterocycles. The van der Waals surface area contributed by atoms with E-state index in [0.717, 1.165) is 30.8 Å². The predicted molar refractivity (Wildman–Crippen MR) is 80.0 cm³/mol. The first-order chi connectivity index (χ1) is 9.79. The Balaban J connectivity index is 1.70. The number of benzene rings is 1. The van der Waals surface area contributed by atoms with E-state index in [1.54, 1.807) is 7.11 Å². The first-order valence-electron chi connectivity index (χ1n) is 7.40. The average Bonchev–Trinajstić information content (AvgIpc) is 2.49. The molecule has 1 N–H and O–H groups in total. The maximum Gasteiger partial charge on any atom is 0.234 e. The number of rotatable bonds is 6. The van der Waals surface area contributed by atoms with Crippen LogP contribution in [0.15, 0.2) is 24.3 Å². The highest BCUT2D eigenvalue weighted by Gasteiger charge is 2.13. The molecule has 1 aliphatic heterocycles. The first kappa shape index (κ1) is 14.9. The van der Waals surface area contributed by atoms with Gasteiger partial charge in [-0.1, -0.05) is 24.6 Å². The predicted octanol–water partition coefficient (Wildman–Crippen LogP) is 1.84. The third-order valence-corrected chi connectivity index (χ3v) is 3.72. The number of piperidine rings is 1. The van der Waals surface area contributed by atoms with Gasteiger partial charge in [0.2, 0.25) is 5.91 Å². The zero-order chi connectivity index (χ0) is 14.2. The van der Waals surface area contributed by atoms with Crippen molar-refractivity contribution in [2.75, 3.05) is 33.3 Å². The van der Waals surface area contributed by atoms with E-state index in [2.05, 4.69) is 10.2 Å². The van der Waals surface area contributed by atoms with E-state index in [9.17, 15) is 4.79 Å².